The summed E-state index contributed by atoms with van der Waals surface area (Å²) in [6, 6.07) is 7.42. The van der Waals surface area contributed by atoms with Crippen LogP contribution in [0.4, 0.5) is 8.78 Å². The quantitative estimate of drug-likeness (QED) is 0.673. The number of oxime groups is 1. The molecule has 7 nitrogen and oxygen atoms in total. The van der Waals surface area contributed by atoms with Gasteiger partial charge in [-0.05, 0) is 44.5 Å². The smallest absolute Gasteiger partial charge is 0.251 e. The third-order valence-electron chi connectivity index (χ3n) is 5.16. The molecule has 0 spiro atoms. The normalized spacial score (nSPS) is 14.8. The molecule has 32 heavy (non-hydrogen) atoms. The van der Waals surface area contributed by atoms with Crippen molar-refractivity contribution >= 4 is 17.4 Å². The number of nitrogens with two attached hydrogens (primary N) is 1. The third-order valence-corrected chi connectivity index (χ3v) is 5.16. The van der Waals surface area contributed by atoms with Gasteiger partial charge in [-0.15, -0.1) is 0 Å². The van der Waals surface area contributed by atoms with Crippen molar-refractivity contribution in [2.45, 2.75) is 26.4 Å². The Bertz CT molecular complexity index is 1300. The molecule has 2 aromatic carbocycles. The molecule has 2 N–H and O–H groups in total. The number of benzene rings is 2. The molecule has 162 valence electrons. The lowest BCUT2D eigenvalue weighted by Crippen LogP contribution is -2.33. The summed E-state index contributed by atoms with van der Waals surface area (Å²) in [6.45, 7) is 5.17. The molecule has 9 heteroatoms. The van der Waals surface area contributed by atoms with Crippen LogP contribution in [0.1, 0.15) is 35.3 Å². The van der Waals surface area contributed by atoms with Gasteiger partial charge in [-0.25, -0.2) is 8.78 Å². The van der Waals surface area contributed by atoms with Gasteiger partial charge in [0.2, 0.25) is 5.78 Å². The number of halogens is 2. The molecule has 2 heterocycles. The molecule has 0 saturated carbocycles. The molecular weight excluding hydrogens is 418 g/mol. The number of nitrogens with zero attached hydrogens (tertiary/aromatic N) is 3. The summed E-state index contributed by atoms with van der Waals surface area (Å²) in [5.41, 5.74) is 6.82. The summed E-state index contributed by atoms with van der Waals surface area (Å²) in [6.07, 6.45) is 2.84. The maximum atomic E-state index is 13.9. The number of hydrogen-bond donors (Lipinski definition) is 1. The van der Waals surface area contributed by atoms with Crippen molar-refractivity contribution in [1.29, 1.82) is 0 Å². The summed E-state index contributed by atoms with van der Waals surface area (Å²) in [4.78, 5) is 37.8. The second-order valence-electron chi connectivity index (χ2n) is 7.87. The Morgan fingerprint density at radius 3 is 2.31 bits per heavy atom. The number of carbonyl (C=O) groups excluding carboxylic acids is 2. The first-order valence-electron chi connectivity index (χ1n) is 9.62. The van der Waals surface area contributed by atoms with E-state index in [0.717, 1.165) is 17.7 Å². The lowest BCUT2D eigenvalue weighted by Gasteiger charge is -2.12. The van der Waals surface area contributed by atoms with E-state index in [2.05, 4.69) is 15.1 Å². The van der Waals surface area contributed by atoms with E-state index >= 15 is 0 Å². The summed E-state index contributed by atoms with van der Waals surface area (Å²) in [7, 11) is 0. The lowest BCUT2D eigenvalue weighted by atomic mass is 9.93. The lowest BCUT2D eigenvalue weighted by molar-refractivity contribution is -0.128. The van der Waals surface area contributed by atoms with Crippen molar-refractivity contribution in [1.82, 2.24) is 9.97 Å². The Kier molecular flexibility index (Phi) is 5.04. The van der Waals surface area contributed by atoms with Gasteiger partial charge < -0.3 is 10.6 Å². The number of aromatic nitrogens is 2. The third kappa shape index (κ3) is 3.62. The predicted molar refractivity (Wildman–Crippen MR) is 113 cm³/mol. The van der Waals surface area contributed by atoms with Crippen molar-refractivity contribution in [3.63, 3.8) is 0 Å². The number of amides is 1. The monoisotopic (exact) mass is 436 g/mol. The van der Waals surface area contributed by atoms with Crippen LogP contribution in [0.2, 0.25) is 0 Å². The van der Waals surface area contributed by atoms with Gasteiger partial charge >= 0.3 is 0 Å². The molecule has 0 aliphatic carbocycles. The minimum Gasteiger partial charge on any atom is -0.381 e. The maximum absolute atomic E-state index is 13.9. The highest BCUT2D eigenvalue weighted by Crippen LogP contribution is 2.28. The highest BCUT2D eigenvalue weighted by Gasteiger charge is 2.40. The molecule has 1 aliphatic heterocycles. The van der Waals surface area contributed by atoms with Crippen LogP contribution in [0.15, 0.2) is 47.9 Å². The van der Waals surface area contributed by atoms with Gasteiger partial charge in [0.05, 0.1) is 29.3 Å². The van der Waals surface area contributed by atoms with Crippen LogP contribution in [0.3, 0.4) is 0 Å². The zero-order valence-electron chi connectivity index (χ0n) is 17.4. The van der Waals surface area contributed by atoms with Crippen LogP contribution in [0.5, 0.6) is 0 Å². The van der Waals surface area contributed by atoms with E-state index in [1.54, 1.807) is 26.0 Å². The Morgan fingerprint density at radius 1 is 1.03 bits per heavy atom. The first kappa shape index (κ1) is 21.2. The number of rotatable bonds is 4. The van der Waals surface area contributed by atoms with Crippen molar-refractivity contribution in [2.75, 3.05) is 0 Å². The molecule has 1 amide bonds. The highest BCUT2D eigenvalue weighted by atomic mass is 19.2. The second-order valence-corrected chi connectivity index (χ2v) is 7.87. The average Bonchev–Trinajstić information content (AvgIpc) is 3.03. The molecule has 0 bridgehead atoms. The molecule has 0 fully saturated rings. The van der Waals surface area contributed by atoms with E-state index < -0.39 is 28.7 Å². The summed E-state index contributed by atoms with van der Waals surface area (Å²) in [5.74, 6) is -3.83. The first-order chi connectivity index (χ1) is 15.1. The number of carbonyl (C=O) groups is 2. The molecule has 4 rings (SSSR count). The largest absolute Gasteiger partial charge is 0.381 e. The van der Waals surface area contributed by atoms with Gasteiger partial charge in [-0.3, -0.25) is 19.6 Å². The van der Waals surface area contributed by atoms with Gasteiger partial charge in [-0.1, -0.05) is 17.3 Å². The van der Waals surface area contributed by atoms with E-state index in [4.69, 9.17) is 10.6 Å². The van der Waals surface area contributed by atoms with Gasteiger partial charge in [0, 0.05) is 16.7 Å². The minimum atomic E-state index is -1.31. The summed E-state index contributed by atoms with van der Waals surface area (Å²) in [5, 5.41) is 3.92. The van der Waals surface area contributed by atoms with Crippen molar-refractivity contribution in [3.8, 4) is 22.5 Å². The van der Waals surface area contributed by atoms with Gasteiger partial charge in [0.1, 0.15) is 0 Å². The van der Waals surface area contributed by atoms with Crippen LogP contribution in [-0.4, -0.2) is 33.0 Å². The summed E-state index contributed by atoms with van der Waals surface area (Å²) < 4.78 is 27.6. The van der Waals surface area contributed by atoms with Gasteiger partial charge in [0.15, 0.2) is 22.9 Å². The zero-order chi connectivity index (χ0) is 23.2. The number of aryl methyl sites for hydroxylation is 1. The topological polar surface area (TPSA) is 108 Å². The molecule has 0 saturated heterocycles. The SMILES string of the molecule is Cc1ccc(C2=NOC(C)(C)C2=O)cc1-c1cnc(-c2cc(F)c(F)c(C(N)=O)c2)cn1. The Labute approximate surface area is 181 Å². The fourth-order valence-corrected chi connectivity index (χ4v) is 3.29. The van der Waals surface area contributed by atoms with Crippen LogP contribution in [0, 0.1) is 18.6 Å². The minimum absolute atomic E-state index is 0.160. The summed E-state index contributed by atoms with van der Waals surface area (Å²) >= 11 is 0. The molecule has 3 aromatic rings. The predicted octanol–water partition coefficient (Wildman–Crippen LogP) is 3.58. The van der Waals surface area contributed by atoms with Gasteiger partial charge in [-0.2, -0.15) is 0 Å². The molecule has 1 aromatic heterocycles. The number of ketones is 1. The van der Waals surface area contributed by atoms with Crippen LogP contribution in [0.25, 0.3) is 22.5 Å². The standard InChI is InChI=1S/C23H18F2N4O3/c1-11-4-5-12(20-21(30)23(2,3)32-29-20)6-14(11)18-10-27-17(9-28-18)13-7-15(22(26)31)19(25)16(24)8-13/h4-10H,1-3H3,(H2,26,31). The van der Waals surface area contributed by atoms with Crippen molar-refractivity contribution in [3.05, 3.63) is 71.1 Å². The number of hydrogen-bond acceptors (Lipinski definition) is 6. The highest BCUT2D eigenvalue weighted by molar-refractivity contribution is 6.49. The number of Topliss-reactive ketones (excluding diaryl/α,β-unsaturated/α-hetero) is 1. The Morgan fingerprint density at radius 2 is 1.72 bits per heavy atom. The molecule has 1 aliphatic rings. The zero-order valence-corrected chi connectivity index (χ0v) is 17.4. The molecule has 0 radical (unpaired) electrons. The maximum Gasteiger partial charge on any atom is 0.251 e. The Balaban J connectivity index is 1.70. The first-order valence-corrected chi connectivity index (χ1v) is 9.62. The molecule has 0 unspecified atom stereocenters. The molecule has 0 atom stereocenters. The van der Waals surface area contributed by atoms with E-state index in [0.29, 0.717) is 16.8 Å². The number of primary amides is 1. The van der Waals surface area contributed by atoms with Crippen LogP contribution in [-0.2, 0) is 9.63 Å². The van der Waals surface area contributed by atoms with E-state index in [1.807, 2.05) is 13.0 Å². The van der Waals surface area contributed by atoms with Crippen LogP contribution < -0.4 is 5.73 Å². The van der Waals surface area contributed by atoms with Crippen LogP contribution >= 0.6 is 0 Å². The fraction of sp³-hybridized carbons (Fsp3) is 0.174. The van der Waals surface area contributed by atoms with E-state index in [1.165, 1.54) is 12.4 Å². The van der Waals surface area contributed by atoms with Gasteiger partial charge in [0.25, 0.3) is 5.91 Å². The average molecular weight is 436 g/mol. The second kappa shape index (κ2) is 7.60. The Hall–Kier alpha value is -4.01. The van der Waals surface area contributed by atoms with Crippen molar-refractivity contribution < 1.29 is 23.2 Å². The van der Waals surface area contributed by atoms with E-state index in [9.17, 15) is 18.4 Å². The van der Waals surface area contributed by atoms with E-state index in [-0.39, 0.29) is 22.8 Å². The fourth-order valence-electron chi connectivity index (χ4n) is 3.29. The molecular formula is C23H18F2N4O3. The van der Waals surface area contributed by atoms with Crippen molar-refractivity contribution in [2.24, 2.45) is 10.9 Å².